The van der Waals surface area contributed by atoms with E-state index in [1.165, 1.54) is 6.42 Å². The molecule has 1 rings (SSSR count). The Morgan fingerprint density at radius 2 is 2.05 bits per heavy atom. The number of hydrogen-bond acceptors (Lipinski definition) is 4. The highest BCUT2D eigenvalue weighted by atomic mass is 32.2. The second-order valence-corrected chi connectivity index (χ2v) is 8.69. The van der Waals surface area contributed by atoms with Crippen molar-refractivity contribution in [2.24, 2.45) is 0 Å². The number of hydrogen-bond donors (Lipinski definition) is 1. The minimum Gasteiger partial charge on any atom is -0.444 e. The lowest BCUT2D eigenvalue weighted by molar-refractivity contribution is 0.00792. The summed E-state index contributed by atoms with van der Waals surface area (Å²) in [6.45, 7) is 12.1. The van der Waals surface area contributed by atoms with Crippen molar-refractivity contribution in [2.75, 3.05) is 19.3 Å². The first-order chi connectivity index (χ1) is 10.2. The predicted molar refractivity (Wildman–Crippen MR) is 95.6 cm³/mol. The molecule has 1 aliphatic heterocycles. The molecule has 0 aliphatic carbocycles. The standard InChI is InChI=1S/C17H34N2O2S/c1-13(18-12-14(2)22-6)11-15-9-7-8-10-19(15)16(20)21-17(3,4)5/h13-15,18H,7-12H2,1-6H3. The number of thioether (sulfide) groups is 1. The fourth-order valence-electron chi connectivity index (χ4n) is 2.75. The van der Waals surface area contributed by atoms with Crippen molar-refractivity contribution in [3.63, 3.8) is 0 Å². The largest absolute Gasteiger partial charge is 0.444 e. The third-order valence-corrected chi connectivity index (χ3v) is 5.01. The van der Waals surface area contributed by atoms with Gasteiger partial charge in [-0.25, -0.2) is 4.79 Å². The van der Waals surface area contributed by atoms with E-state index in [2.05, 4.69) is 25.4 Å². The molecule has 0 radical (unpaired) electrons. The molecule has 0 aromatic heterocycles. The third-order valence-electron chi connectivity index (χ3n) is 4.04. The first kappa shape index (κ1) is 19.6. The second kappa shape index (κ2) is 9.02. The topological polar surface area (TPSA) is 41.6 Å². The Bertz CT molecular complexity index is 344. The zero-order valence-electron chi connectivity index (χ0n) is 15.1. The molecule has 1 saturated heterocycles. The molecule has 22 heavy (non-hydrogen) atoms. The summed E-state index contributed by atoms with van der Waals surface area (Å²) in [5.74, 6) is 0. The van der Waals surface area contributed by atoms with Crippen LogP contribution in [0.5, 0.6) is 0 Å². The van der Waals surface area contributed by atoms with E-state index in [1.54, 1.807) is 0 Å². The van der Waals surface area contributed by atoms with Gasteiger partial charge in [-0.05, 0) is 59.6 Å². The van der Waals surface area contributed by atoms with Gasteiger partial charge in [0.1, 0.15) is 5.60 Å². The summed E-state index contributed by atoms with van der Waals surface area (Å²) >= 11 is 1.88. The summed E-state index contributed by atoms with van der Waals surface area (Å²) < 4.78 is 5.57. The van der Waals surface area contributed by atoms with Crippen molar-refractivity contribution in [3.05, 3.63) is 0 Å². The van der Waals surface area contributed by atoms with E-state index in [1.807, 2.05) is 37.4 Å². The van der Waals surface area contributed by atoms with Gasteiger partial charge in [0.05, 0.1) is 0 Å². The number of likely N-dealkylation sites (tertiary alicyclic amines) is 1. The van der Waals surface area contributed by atoms with Crippen LogP contribution in [0.2, 0.25) is 0 Å². The average Bonchev–Trinajstić information content (AvgIpc) is 2.43. The van der Waals surface area contributed by atoms with Crippen LogP contribution in [0.1, 0.15) is 60.3 Å². The van der Waals surface area contributed by atoms with Crippen molar-refractivity contribution < 1.29 is 9.53 Å². The van der Waals surface area contributed by atoms with Gasteiger partial charge in [0.15, 0.2) is 0 Å². The normalized spacial score (nSPS) is 22.3. The van der Waals surface area contributed by atoms with Gasteiger partial charge in [0.2, 0.25) is 0 Å². The summed E-state index contributed by atoms with van der Waals surface area (Å²) in [5, 5.41) is 4.21. The first-order valence-electron chi connectivity index (χ1n) is 8.48. The SMILES string of the molecule is CSC(C)CNC(C)CC1CCCCN1C(=O)OC(C)(C)C. The Hall–Kier alpha value is -0.420. The van der Waals surface area contributed by atoms with Crippen LogP contribution in [0.25, 0.3) is 0 Å². The molecule has 1 amide bonds. The van der Waals surface area contributed by atoms with E-state index >= 15 is 0 Å². The number of piperidine rings is 1. The lowest BCUT2D eigenvalue weighted by Crippen LogP contribution is -2.48. The Labute approximate surface area is 140 Å². The smallest absolute Gasteiger partial charge is 0.410 e. The van der Waals surface area contributed by atoms with E-state index in [0.29, 0.717) is 17.3 Å². The summed E-state index contributed by atoms with van der Waals surface area (Å²) in [6.07, 6.45) is 6.37. The van der Waals surface area contributed by atoms with Crippen LogP contribution in [0.4, 0.5) is 4.79 Å². The zero-order chi connectivity index (χ0) is 16.8. The minimum atomic E-state index is -0.420. The Kier molecular flexibility index (Phi) is 8.04. The molecule has 4 nitrogen and oxygen atoms in total. The minimum absolute atomic E-state index is 0.151. The van der Waals surface area contributed by atoms with Crippen LogP contribution in [0.3, 0.4) is 0 Å². The van der Waals surface area contributed by atoms with E-state index < -0.39 is 5.60 Å². The molecule has 130 valence electrons. The predicted octanol–water partition coefficient (Wildman–Crippen LogP) is 3.90. The third kappa shape index (κ3) is 7.23. The molecule has 0 spiro atoms. The molecule has 0 aromatic carbocycles. The van der Waals surface area contributed by atoms with Crippen LogP contribution in [0.15, 0.2) is 0 Å². The fraction of sp³-hybridized carbons (Fsp3) is 0.941. The van der Waals surface area contributed by atoms with E-state index in [-0.39, 0.29) is 6.09 Å². The van der Waals surface area contributed by atoms with Crippen molar-refractivity contribution in [2.45, 2.75) is 83.2 Å². The summed E-state index contributed by atoms with van der Waals surface area (Å²) in [4.78, 5) is 14.3. The van der Waals surface area contributed by atoms with Gasteiger partial charge in [-0.15, -0.1) is 0 Å². The molecule has 3 atom stereocenters. The van der Waals surface area contributed by atoms with Crippen molar-refractivity contribution in [1.29, 1.82) is 0 Å². The van der Waals surface area contributed by atoms with Gasteiger partial charge in [0, 0.05) is 30.4 Å². The van der Waals surface area contributed by atoms with Crippen LogP contribution in [-0.4, -0.2) is 53.3 Å². The molecular formula is C17H34N2O2S. The highest BCUT2D eigenvalue weighted by Crippen LogP contribution is 2.23. The second-order valence-electron chi connectivity index (χ2n) is 7.41. The maximum Gasteiger partial charge on any atom is 0.410 e. The van der Waals surface area contributed by atoms with Gasteiger partial charge in [-0.2, -0.15) is 11.8 Å². The van der Waals surface area contributed by atoms with E-state index in [0.717, 1.165) is 32.4 Å². The van der Waals surface area contributed by atoms with E-state index in [4.69, 9.17) is 4.74 Å². The highest BCUT2D eigenvalue weighted by Gasteiger charge is 2.31. The van der Waals surface area contributed by atoms with Gasteiger partial charge in [-0.1, -0.05) is 6.92 Å². The fourth-order valence-corrected chi connectivity index (χ4v) is 3.01. The van der Waals surface area contributed by atoms with Crippen LogP contribution < -0.4 is 5.32 Å². The lowest BCUT2D eigenvalue weighted by atomic mass is 9.96. The van der Waals surface area contributed by atoms with Gasteiger partial charge >= 0.3 is 6.09 Å². The van der Waals surface area contributed by atoms with Gasteiger partial charge in [0.25, 0.3) is 0 Å². The maximum atomic E-state index is 12.4. The molecule has 3 unspecified atom stereocenters. The number of carbonyl (C=O) groups is 1. The monoisotopic (exact) mass is 330 g/mol. The molecular weight excluding hydrogens is 296 g/mol. The Morgan fingerprint density at radius 3 is 2.64 bits per heavy atom. The van der Waals surface area contributed by atoms with Crippen LogP contribution in [0, 0.1) is 0 Å². The average molecular weight is 331 g/mol. The lowest BCUT2D eigenvalue weighted by Gasteiger charge is -2.38. The molecule has 1 N–H and O–H groups in total. The molecule has 1 fully saturated rings. The summed E-state index contributed by atoms with van der Waals surface area (Å²) in [7, 11) is 0. The van der Waals surface area contributed by atoms with Crippen molar-refractivity contribution >= 4 is 17.9 Å². The number of rotatable bonds is 6. The molecule has 0 aromatic rings. The maximum absolute atomic E-state index is 12.4. The molecule has 1 heterocycles. The van der Waals surface area contributed by atoms with Crippen molar-refractivity contribution in [1.82, 2.24) is 10.2 Å². The molecule has 5 heteroatoms. The first-order valence-corrected chi connectivity index (χ1v) is 9.77. The summed E-state index contributed by atoms with van der Waals surface area (Å²) in [6, 6.07) is 0.721. The van der Waals surface area contributed by atoms with Crippen LogP contribution >= 0.6 is 11.8 Å². The van der Waals surface area contributed by atoms with Gasteiger partial charge < -0.3 is 15.0 Å². The van der Waals surface area contributed by atoms with Crippen LogP contribution in [-0.2, 0) is 4.74 Å². The molecule has 0 saturated carbocycles. The number of ether oxygens (including phenoxy) is 1. The quantitative estimate of drug-likeness (QED) is 0.802. The molecule has 0 bridgehead atoms. The summed E-state index contributed by atoms with van der Waals surface area (Å²) in [5.41, 5.74) is -0.420. The number of carbonyl (C=O) groups excluding carboxylic acids is 1. The number of nitrogens with zero attached hydrogens (tertiary/aromatic N) is 1. The highest BCUT2D eigenvalue weighted by molar-refractivity contribution is 7.99. The zero-order valence-corrected chi connectivity index (χ0v) is 16.0. The van der Waals surface area contributed by atoms with Gasteiger partial charge in [-0.3, -0.25) is 0 Å². The van der Waals surface area contributed by atoms with E-state index in [9.17, 15) is 4.79 Å². The number of nitrogens with one attached hydrogen (secondary N) is 1. The van der Waals surface area contributed by atoms with Crippen molar-refractivity contribution in [3.8, 4) is 0 Å². The Morgan fingerprint density at radius 1 is 1.36 bits per heavy atom. The Balaban J connectivity index is 2.52. The molecule has 1 aliphatic rings. The number of amides is 1.